The number of benzene rings is 4. The van der Waals surface area contributed by atoms with Crippen LogP contribution in [0.5, 0.6) is 0 Å². The quantitative estimate of drug-likeness (QED) is 0.154. The van der Waals surface area contributed by atoms with Crippen LogP contribution in [0.4, 0.5) is 22.9 Å². The minimum Gasteiger partial charge on any atom is -0.338 e. The molecule has 0 radical (unpaired) electrons. The van der Waals surface area contributed by atoms with E-state index in [1.807, 2.05) is 72.8 Å². The Balaban J connectivity index is 0.000000170. The van der Waals surface area contributed by atoms with Gasteiger partial charge in [0.2, 0.25) is 11.8 Å². The van der Waals surface area contributed by atoms with E-state index in [0.717, 1.165) is 62.3 Å². The first-order chi connectivity index (χ1) is 29.3. The van der Waals surface area contributed by atoms with Gasteiger partial charge in [-0.15, -0.1) is 0 Å². The fourth-order valence-electron chi connectivity index (χ4n) is 7.59. The van der Waals surface area contributed by atoms with E-state index in [9.17, 15) is 20.1 Å². The molecule has 0 saturated heterocycles. The number of H-pyrrole nitrogens is 1. The molecular formula is C47H35Cl2N9O2. The van der Waals surface area contributed by atoms with Gasteiger partial charge >= 0.3 is 0 Å². The first-order valence-corrected chi connectivity index (χ1v) is 19.9. The fraction of sp³-hybridized carbons (Fsp3) is 0.128. The van der Waals surface area contributed by atoms with Crippen LogP contribution in [0.2, 0.25) is 10.0 Å². The van der Waals surface area contributed by atoms with E-state index < -0.39 is 0 Å². The summed E-state index contributed by atoms with van der Waals surface area (Å²) >= 11 is 12.4. The molecule has 7 aromatic rings. The van der Waals surface area contributed by atoms with E-state index >= 15 is 0 Å². The number of aromatic nitrogens is 4. The molecule has 0 aliphatic carbocycles. The Morgan fingerprint density at radius 1 is 0.683 bits per heavy atom. The Labute approximate surface area is 356 Å². The highest BCUT2D eigenvalue weighted by Gasteiger charge is 2.30. The zero-order valence-corrected chi connectivity index (χ0v) is 33.6. The van der Waals surface area contributed by atoms with E-state index in [1.54, 1.807) is 52.9 Å². The normalized spacial score (nSPS) is 12.4. The molecule has 2 N–H and O–H groups in total. The third-order valence-electron chi connectivity index (χ3n) is 10.4. The molecule has 2 amide bonds. The third kappa shape index (κ3) is 8.45. The minimum absolute atomic E-state index is 0.0463. The van der Waals surface area contributed by atoms with E-state index in [1.165, 1.54) is 0 Å². The van der Waals surface area contributed by atoms with Crippen LogP contribution in [0.25, 0.3) is 22.3 Å². The van der Waals surface area contributed by atoms with Crippen molar-refractivity contribution in [2.75, 3.05) is 28.2 Å². The predicted octanol–water partition coefficient (Wildman–Crippen LogP) is 9.28. The molecule has 0 saturated carbocycles. The van der Waals surface area contributed by atoms with E-state index in [-0.39, 0.29) is 24.7 Å². The van der Waals surface area contributed by atoms with Crippen molar-refractivity contribution < 1.29 is 9.59 Å². The zero-order valence-electron chi connectivity index (χ0n) is 32.1. The van der Waals surface area contributed by atoms with Gasteiger partial charge in [0.15, 0.2) is 0 Å². The molecule has 2 aliphatic rings. The van der Waals surface area contributed by atoms with Gasteiger partial charge in [-0.05, 0) is 118 Å². The first-order valence-electron chi connectivity index (χ1n) is 19.1. The largest absolute Gasteiger partial charge is 0.338 e. The molecule has 0 unspecified atom stereocenters. The molecule has 5 heterocycles. The summed E-state index contributed by atoms with van der Waals surface area (Å²) in [6, 6.07) is 34.7. The number of amides is 2. The molecule has 0 spiro atoms. The summed E-state index contributed by atoms with van der Waals surface area (Å²) in [7, 11) is 0. The highest BCUT2D eigenvalue weighted by Crippen LogP contribution is 2.38. The molecular weight excluding hydrogens is 793 g/mol. The van der Waals surface area contributed by atoms with Crippen LogP contribution in [0.1, 0.15) is 33.4 Å². The number of carbonyl (C=O) groups excluding carboxylic acids is 2. The summed E-state index contributed by atoms with van der Waals surface area (Å²) in [4.78, 5) is 37.8. The number of carbonyl (C=O) groups is 2. The maximum atomic E-state index is 13.1. The van der Waals surface area contributed by atoms with Gasteiger partial charge in [-0.3, -0.25) is 19.7 Å². The second-order valence-corrected chi connectivity index (χ2v) is 15.0. The zero-order chi connectivity index (χ0) is 41.6. The maximum absolute atomic E-state index is 13.1. The monoisotopic (exact) mass is 827 g/mol. The van der Waals surface area contributed by atoms with Crippen molar-refractivity contribution in [2.45, 2.75) is 25.7 Å². The molecule has 13 heteroatoms. The number of nitrogens with one attached hydrogen (secondary N) is 2. The summed E-state index contributed by atoms with van der Waals surface area (Å²) in [6.45, 7) is 1.12. The number of nitrogens with zero attached hydrogens (tertiary/aromatic N) is 7. The Morgan fingerprint density at radius 3 is 1.73 bits per heavy atom. The van der Waals surface area contributed by atoms with Crippen molar-refractivity contribution in [1.29, 1.82) is 10.5 Å². The van der Waals surface area contributed by atoms with Gasteiger partial charge in [-0.25, -0.2) is 4.98 Å². The Hall–Kier alpha value is -7.31. The van der Waals surface area contributed by atoms with Gasteiger partial charge in [0.25, 0.3) is 0 Å². The summed E-state index contributed by atoms with van der Waals surface area (Å²) in [6.07, 6.45) is 10.4. The van der Waals surface area contributed by atoms with Crippen LogP contribution in [-0.4, -0.2) is 45.1 Å². The SMILES string of the molecule is N#Cc1cc(-c2ccnc(Nc3cn[nH]c3)c2)cc2c1N(C(=O)Cc1ccccc1Cl)CC2.N#Cc1cc(-c2ccncc2)cc2c1N(C(=O)Cc1ccccc1Cl)CC2. The Morgan fingerprint density at radius 2 is 1.22 bits per heavy atom. The van der Waals surface area contributed by atoms with Crippen LogP contribution in [0.15, 0.2) is 128 Å². The van der Waals surface area contributed by atoms with E-state index in [0.29, 0.717) is 52.2 Å². The second kappa shape index (κ2) is 17.7. The summed E-state index contributed by atoms with van der Waals surface area (Å²) in [5, 5.41) is 30.6. The van der Waals surface area contributed by atoms with Crippen molar-refractivity contribution in [1.82, 2.24) is 20.2 Å². The van der Waals surface area contributed by atoms with Gasteiger partial charge in [-0.1, -0.05) is 59.6 Å². The average molecular weight is 829 g/mol. The highest BCUT2D eigenvalue weighted by molar-refractivity contribution is 6.32. The molecule has 11 nitrogen and oxygen atoms in total. The molecule has 3 aromatic heterocycles. The van der Waals surface area contributed by atoms with Crippen molar-refractivity contribution in [3.63, 3.8) is 0 Å². The molecule has 60 heavy (non-hydrogen) atoms. The summed E-state index contributed by atoms with van der Waals surface area (Å²) < 4.78 is 0. The fourth-order valence-corrected chi connectivity index (χ4v) is 7.99. The number of hydrogen-bond acceptors (Lipinski definition) is 8. The molecule has 9 rings (SSSR count). The van der Waals surface area contributed by atoms with Crippen molar-refractivity contribution >= 4 is 57.9 Å². The number of nitriles is 2. The van der Waals surface area contributed by atoms with Gasteiger partial charge < -0.3 is 15.1 Å². The van der Waals surface area contributed by atoms with Crippen molar-refractivity contribution in [2.24, 2.45) is 0 Å². The van der Waals surface area contributed by atoms with Crippen molar-refractivity contribution in [3.8, 4) is 34.4 Å². The lowest BCUT2D eigenvalue weighted by Crippen LogP contribution is -2.31. The van der Waals surface area contributed by atoms with Crippen LogP contribution in [0.3, 0.4) is 0 Å². The number of rotatable bonds is 8. The minimum atomic E-state index is -0.0680. The number of anilines is 4. The molecule has 0 bridgehead atoms. The maximum Gasteiger partial charge on any atom is 0.231 e. The van der Waals surface area contributed by atoms with Gasteiger partial charge in [0, 0.05) is 47.9 Å². The molecule has 294 valence electrons. The molecule has 0 fully saturated rings. The van der Waals surface area contributed by atoms with Crippen LogP contribution >= 0.6 is 23.2 Å². The lowest BCUT2D eigenvalue weighted by molar-refractivity contribution is -0.118. The molecule has 4 aromatic carbocycles. The van der Waals surface area contributed by atoms with Gasteiger partial charge in [-0.2, -0.15) is 15.6 Å². The van der Waals surface area contributed by atoms with Crippen molar-refractivity contribution in [3.05, 3.63) is 171 Å². The lowest BCUT2D eigenvalue weighted by atomic mass is 9.98. The predicted molar refractivity (Wildman–Crippen MR) is 233 cm³/mol. The number of aromatic amines is 1. The summed E-state index contributed by atoms with van der Waals surface area (Å²) in [5.41, 5.74) is 10.6. The topological polar surface area (TPSA) is 155 Å². The Kier molecular flexibility index (Phi) is 11.6. The van der Waals surface area contributed by atoms with E-state index in [2.05, 4.69) is 49.8 Å². The van der Waals surface area contributed by atoms with Gasteiger partial charge in [0.1, 0.15) is 18.0 Å². The molecule has 0 atom stereocenters. The first kappa shape index (κ1) is 39.5. The van der Waals surface area contributed by atoms with E-state index in [4.69, 9.17) is 23.2 Å². The number of hydrogen-bond donors (Lipinski definition) is 2. The summed E-state index contributed by atoms with van der Waals surface area (Å²) in [5.74, 6) is 0.557. The molecule has 2 aliphatic heterocycles. The third-order valence-corrected chi connectivity index (χ3v) is 11.2. The average Bonchev–Trinajstić information content (AvgIpc) is 4.06. The number of pyridine rings is 2. The van der Waals surface area contributed by atoms with Crippen LogP contribution < -0.4 is 15.1 Å². The second-order valence-electron chi connectivity index (χ2n) is 14.2. The lowest BCUT2D eigenvalue weighted by Gasteiger charge is -2.19. The number of halogens is 2. The highest BCUT2D eigenvalue weighted by atomic mass is 35.5. The van der Waals surface area contributed by atoms with Gasteiger partial charge in [0.05, 0.1) is 47.2 Å². The smallest absolute Gasteiger partial charge is 0.231 e. The van der Waals surface area contributed by atoms with Crippen LogP contribution in [0, 0.1) is 22.7 Å². The Bertz CT molecular complexity index is 2820. The van der Waals surface area contributed by atoms with Crippen LogP contribution in [-0.2, 0) is 35.3 Å². The number of fused-ring (bicyclic) bond motifs is 2. The standard InChI is InChI=1S/C25H19ClN6O.C22H16ClN3O/c26-22-4-2-1-3-17(22)12-24(33)32-8-6-18-9-19(10-20(13-27)25(18)32)16-5-7-28-23(11-16)31-21-14-29-30-15-21;23-20-4-2-1-3-16(20)13-21(27)26-10-7-17-11-18(12-19(14-24)22(17)26)15-5-8-25-9-6-15/h1-5,7,9-11,14-15H,6,8,12H2,(H,28,31)(H,29,30);1-6,8-9,11-12H,7,10,13H2.